The lowest BCUT2D eigenvalue weighted by Gasteiger charge is -2.35. The number of aromatic nitrogens is 1. The largest absolute Gasteiger partial charge is 0.506 e. The average molecular weight is 490 g/mol. The van der Waals surface area contributed by atoms with Gasteiger partial charge in [-0.15, -0.1) is 0 Å². The van der Waals surface area contributed by atoms with Crippen LogP contribution in [0.25, 0.3) is 0 Å². The second-order valence-corrected chi connectivity index (χ2v) is 8.21. The van der Waals surface area contributed by atoms with E-state index in [9.17, 15) is 14.7 Å². The molecule has 0 spiro atoms. The normalized spacial score (nSPS) is 19.6. The number of carbonyl (C=O) groups is 2. The van der Waals surface area contributed by atoms with E-state index >= 15 is 0 Å². The van der Waals surface area contributed by atoms with Crippen LogP contribution in [0.2, 0.25) is 0 Å². The van der Waals surface area contributed by atoms with Gasteiger partial charge in [0, 0.05) is 22.3 Å². The molecule has 8 nitrogen and oxygen atoms in total. The molecule has 0 unspecified atom stereocenters. The number of ether oxygens (including phenoxy) is 1. The Hall–Kier alpha value is -3.25. The minimum Gasteiger partial charge on any atom is -0.506 e. The molecule has 3 rings (SSSR count). The highest BCUT2D eigenvalue weighted by atomic mass is 79.9. The molecule has 0 bridgehead atoms. The van der Waals surface area contributed by atoms with Gasteiger partial charge in [-0.3, -0.25) is 14.6 Å². The van der Waals surface area contributed by atoms with Gasteiger partial charge in [0.1, 0.15) is 18.0 Å². The monoisotopic (exact) mass is 489 g/mol. The van der Waals surface area contributed by atoms with Crippen molar-refractivity contribution in [3.63, 3.8) is 0 Å². The molecule has 5 N–H and O–H groups in total. The van der Waals surface area contributed by atoms with Crippen LogP contribution in [0.15, 0.2) is 42.7 Å². The lowest BCUT2D eigenvalue weighted by Crippen LogP contribution is -2.39. The summed E-state index contributed by atoms with van der Waals surface area (Å²) in [5.74, 6) is 6.23. The molecule has 31 heavy (non-hydrogen) atoms. The lowest BCUT2D eigenvalue weighted by molar-refractivity contribution is -0.136. The van der Waals surface area contributed by atoms with Crippen LogP contribution in [0.5, 0.6) is 11.5 Å². The molecule has 1 aromatic heterocycles. The summed E-state index contributed by atoms with van der Waals surface area (Å²) < 4.78 is 6.27. The topological polar surface area (TPSA) is 135 Å². The molecule has 1 saturated carbocycles. The summed E-state index contributed by atoms with van der Waals surface area (Å²) in [6.07, 6.45) is 7.05. The number of halogens is 1. The predicted octanol–water partition coefficient (Wildman–Crippen LogP) is 2.69. The minimum absolute atomic E-state index is 0.111. The van der Waals surface area contributed by atoms with Crippen molar-refractivity contribution in [3.8, 4) is 23.3 Å². The number of nitrogens with zero attached hydrogens (tertiary/aromatic N) is 1. The van der Waals surface area contributed by atoms with E-state index in [4.69, 9.17) is 15.6 Å². The molecule has 0 aliphatic heterocycles. The maximum absolute atomic E-state index is 9.54. The number of aromatic hydroxyl groups is 1. The van der Waals surface area contributed by atoms with Crippen LogP contribution in [-0.2, 0) is 9.59 Å². The molecule has 9 heteroatoms. The Bertz CT molecular complexity index is 932. The molecule has 0 radical (unpaired) electrons. The van der Waals surface area contributed by atoms with Crippen molar-refractivity contribution in [2.24, 2.45) is 0 Å². The van der Waals surface area contributed by atoms with Crippen LogP contribution >= 0.6 is 15.9 Å². The van der Waals surface area contributed by atoms with E-state index in [2.05, 4.69) is 32.8 Å². The Labute approximate surface area is 189 Å². The molecule has 0 saturated heterocycles. The first-order valence-corrected chi connectivity index (χ1v) is 10.5. The smallest absolute Gasteiger partial charge is 0.322 e. The summed E-state index contributed by atoms with van der Waals surface area (Å²) in [4.78, 5) is 23.3. The minimum atomic E-state index is -1.04. The van der Waals surface area contributed by atoms with Crippen LogP contribution in [0, 0.1) is 11.8 Å². The first-order valence-electron chi connectivity index (χ1n) is 9.56. The summed E-state index contributed by atoms with van der Waals surface area (Å²) in [5.41, 5.74) is 6.59. The fraction of sp³-hybridized carbons (Fsp3) is 0.318. The molecular formula is C22H24BrN3O5. The molecule has 164 valence electrons. The Kier molecular flexibility index (Phi) is 9.15. The van der Waals surface area contributed by atoms with E-state index in [1.54, 1.807) is 12.3 Å². The molecule has 1 fully saturated rings. The number of carboxylic acid groups (broad SMARTS) is 1. The van der Waals surface area contributed by atoms with Crippen molar-refractivity contribution in [1.82, 2.24) is 10.3 Å². The van der Waals surface area contributed by atoms with E-state index in [1.807, 2.05) is 29.6 Å². The highest BCUT2D eigenvalue weighted by Gasteiger charge is 2.35. The van der Waals surface area contributed by atoms with E-state index in [1.165, 1.54) is 6.20 Å². The Morgan fingerprint density at radius 2 is 2.00 bits per heavy atom. The number of anilines is 1. The Morgan fingerprint density at radius 3 is 2.55 bits per heavy atom. The quantitative estimate of drug-likeness (QED) is 0.219. The number of rotatable bonds is 5. The van der Waals surface area contributed by atoms with Crippen molar-refractivity contribution in [1.29, 1.82) is 0 Å². The second-order valence-electron chi connectivity index (χ2n) is 6.91. The fourth-order valence-corrected chi connectivity index (χ4v) is 3.33. The van der Waals surface area contributed by atoms with Crippen LogP contribution in [0.1, 0.15) is 31.2 Å². The SMILES string of the molecule is Nc1ccc(OC2(C#Cc3cncc(O)c3)CCC(Br)CC2)cc1.O=CNCC(=O)O. The van der Waals surface area contributed by atoms with Gasteiger partial charge < -0.3 is 26.0 Å². The highest BCUT2D eigenvalue weighted by molar-refractivity contribution is 9.09. The van der Waals surface area contributed by atoms with Crippen molar-refractivity contribution < 1.29 is 24.5 Å². The van der Waals surface area contributed by atoms with Gasteiger partial charge in [0.15, 0.2) is 5.60 Å². The van der Waals surface area contributed by atoms with Gasteiger partial charge in [0.2, 0.25) is 6.41 Å². The molecule has 1 heterocycles. The standard InChI is InChI=1S/C19H19BrN2O2.C3H5NO3/c20-15-6-9-19(10-7-15,24-18-3-1-16(21)2-4-18)8-5-14-11-17(23)13-22-12-14;5-2-4-1-3(6)7/h1-4,11-13,15,23H,6-7,9-10,21H2;2H,1H2,(H,4,5)(H,6,7). The molecule has 1 aliphatic rings. The maximum Gasteiger partial charge on any atom is 0.322 e. The maximum atomic E-state index is 9.54. The zero-order valence-electron chi connectivity index (χ0n) is 16.8. The number of nitrogens with two attached hydrogens (primary N) is 1. The Morgan fingerprint density at radius 1 is 1.32 bits per heavy atom. The number of nitrogens with one attached hydrogen (secondary N) is 1. The van der Waals surface area contributed by atoms with Gasteiger partial charge in [-0.25, -0.2) is 0 Å². The molecule has 2 aromatic rings. The van der Waals surface area contributed by atoms with Crippen molar-refractivity contribution in [2.45, 2.75) is 36.1 Å². The number of amides is 1. The third-order valence-electron chi connectivity index (χ3n) is 4.41. The summed E-state index contributed by atoms with van der Waals surface area (Å²) in [7, 11) is 0. The van der Waals surface area contributed by atoms with Gasteiger partial charge in [-0.2, -0.15) is 0 Å². The van der Waals surface area contributed by atoms with Gasteiger partial charge in [-0.1, -0.05) is 21.9 Å². The molecule has 1 amide bonds. The number of carbonyl (C=O) groups excluding carboxylic acids is 1. The molecule has 1 aliphatic carbocycles. The number of alkyl halides is 1. The molecule has 1 aromatic carbocycles. The van der Waals surface area contributed by atoms with E-state index in [0.717, 1.165) is 31.4 Å². The number of hydrogen-bond acceptors (Lipinski definition) is 6. The van der Waals surface area contributed by atoms with E-state index < -0.39 is 11.6 Å². The number of pyridine rings is 1. The first kappa shape index (κ1) is 24.0. The third kappa shape index (κ3) is 8.56. The van der Waals surface area contributed by atoms with Gasteiger partial charge in [-0.05, 0) is 61.9 Å². The van der Waals surface area contributed by atoms with E-state index in [0.29, 0.717) is 22.5 Å². The fourth-order valence-electron chi connectivity index (χ4n) is 2.87. The highest BCUT2D eigenvalue weighted by Crippen LogP contribution is 2.35. The second kappa shape index (κ2) is 11.8. The van der Waals surface area contributed by atoms with Crippen LogP contribution < -0.4 is 15.8 Å². The van der Waals surface area contributed by atoms with Crippen LogP contribution in [0.4, 0.5) is 5.69 Å². The van der Waals surface area contributed by atoms with Crippen molar-refractivity contribution in [2.75, 3.05) is 12.3 Å². The van der Waals surface area contributed by atoms with Gasteiger partial charge in [0.05, 0.1) is 6.20 Å². The summed E-state index contributed by atoms with van der Waals surface area (Å²) in [6, 6.07) is 8.99. The van der Waals surface area contributed by atoms with Crippen molar-refractivity contribution in [3.05, 3.63) is 48.3 Å². The summed E-state index contributed by atoms with van der Waals surface area (Å²) in [5, 5.41) is 19.3. The van der Waals surface area contributed by atoms with Crippen molar-refractivity contribution >= 4 is 34.0 Å². The zero-order valence-corrected chi connectivity index (χ0v) is 18.3. The molecule has 0 atom stereocenters. The number of aliphatic carboxylic acids is 1. The first-order chi connectivity index (χ1) is 14.8. The number of benzene rings is 1. The van der Waals surface area contributed by atoms with Gasteiger partial charge >= 0.3 is 5.97 Å². The van der Waals surface area contributed by atoms with Gasteiger partial charge in [0.25, 0.3) is 0 Å². The third-order valence-corrected chi connectivity index (χ3v) is 5.33. The van der Waals surface area contributed by atoms with E-state index in [-0.39, 0.29) is 12.3 Å². The Balaban J connectivity index is 0.000000423. The van der Waals surface area contributed by atoms with Crippen LogP contribution in [0.3, 0.4) is 0 Å². The van der Waals surface area contributed by atoms with Crippen LogP contribution in [-0.4, -0.2) is 44.5 Å². The lowest BCUT2D eigenvalue weighted by atomic mass is 9.84. The zero-order chi connectivity index (χ0) is 22.7. The number of carboxylic acids is 1. The number of nitrogen functional groups attached to an aromatic ring is 1. The average Bonchev–Trinajstić information content (AvgIpc) is 2.75. The molecular weight excluding hydrogens is 466 g/mol. The number of hydrogen-bond donors (Lipinski definition) is 4. The summed E-state index contributed by atoms with van der Waals surface area (Å²) >= 11 is 3.68. The predicted molar refractivity (Wildman–Crippen MR) is 120 cm³/mol. The summed E-state index contributed by atoms with van der Waals surface area (Å²) in [6.45, 7) is -0.302.